The number of halogens is 2. The van der Waals surface area contributed by atoms with Crippen molar-refractivity contribution in [3.05, 3.63) is 107 Å². The molecule has 1 aliphatic heterocycles. The maximum absolute atomic E-state index is 13.9. The molecule has 1 fully saturated rings. The molecule has 0 radical (unpaired) electrons. The van der Waals surface area contributed by atoms with E-state index in [4.69, 9.17) is 4.74 Å². The van der Waals surface area contributed by atoms with Crippen LogP contribution in [0.15, 0.2) is 78.5 Å². The van der Waals surface area contributed by atoms with Crippen LogP contribution in [-0.2, 0) is 17.9 Å². The van der Waals surface area contributed by atoms with Crippen molar-refractivity contribution in [2.75, 3.05) is 0 Å². The van der Waals surface area contributed by atoms with E-state index in [1.165, 1.54) is 30.3 Å². The smallest absolute Gasteiger partial charge is 0.329 e. The van der Waals surface area contributed by atoms with E-state index in [0.29, 0.717) is 16.9 Å². The topological polar surface area (TPSA) is 58.6 Å². The Morgan fingerprint density at radius 3 is 2.16 bits per heavy atom. The molecular weight excluding hydrogens is 402 g/mol. The van der Waals surface area contributed by atoms with Gasteiger partial charge in [0.05, 0.1) is 6.54 Å². The first-order valence-electron chi connectivity index (χ1n) is 9.56. The molecule has 156 valence electrons. The summed E-state index contributed by atoms with van der Waals surface area (Å²) in [4.78, 5) is 26.0. The predicted octanol–water partition coefficient (Wildman–Crippen LogP) is 4.64. The molecular formula is C24H18F2N2O3. The highest BCUT2D eigenvalue weighted by Gasteiger charge is 2.34. The summed E-state index contributed by atoms with van der Waals surface area (Å²) in [5.41, 5.74) is 1.21. The minimum Gasteiger partial charge on any atom is -0.488 e. The van der Waals surface area contributed by atoms with Crippen LogP contribution in [0.1, 0.15) is 16.7 Å². The fourth-order valence-corrected chi connectivity index (χ4v) is 3.17. The van der Waals surface area contributed by atoms with Crippen LogP contribution >= 0.6 is 0 Å². The van der Waals surface area contributed by atoms with Gasteiger partial charge in [-0.15, -0.1) is 0 Å². The van der Waals surface area contributed by atoms with Gasteiger partial charge in [0.1, 0.15) is 29.7 Å². The number of imide groups is 1. The largest absolute Gasteiger partial charge is 0.488 e. The fraction of sp³-hybridized carbons (Fsp3) is 0.0833. The number of urea groups is 1. The molecule has 3 aromatic carbocycles. The van der Waals surface area contributed by atoms with E-state index < -0.39 is 17.8 Å². The van der Waals surface area contributed by atoms with E-state index in [-0.39, 0.29) is 30.2 Å². The molecule has 0 spiro atoms. The zero-order valence-electron chi connectivity index (χ0n) is 16.3. The molecule has 0 aliphatic carbocycles. The third-order valence-electron chi connectivity index (χ3n) is 4.81. The van der Waals surface area contributed by atoms with Crippen molar-refractivity contribution >= 4 is 18.0 Å². The molecule has 0 atom stereocenters. The lowest BCUT2D eigenvalue weighted by Gasteiger charge is -2.12. The Hall–Kier alpha value is -4.00. The van der Waals surface area contributed by atoms with Crippen LogP contribution in [0.2, 0.25) is 0 Å². The second-order valence-electron chi connectivity index (χ2n) is 6.89. The first-order chi connectivity index (χ1) is 15.0. The van der Waals surface area contributed by atoms with Crippen molar-refractivity contribution < 1.29 is 23.1 Å². The summed E-state index contributed by atoms with van der Waals surface area (Å²) in [6, 6.07) is 18.5. The Bertz CT molecular complexity index is 1180. The molecule has 4 rings (SSSR count). The highest BCUT2D eigenvalue weighted by molar-refractivity contribution is 6.14. The maximum atomic E-state index is 13.9. The lowest BCUT2D eigenvalue weighted by atomic mass is 10.1. The van der Waals surface area contributed by atoms with Crippen molar-refractivity contribution in [2.24, 2.45) is 0 Å². The van der Waals surface area contributed by atoms with Gasteiger partial charge in [-0.2, -0.15) is 0 Å². The molecule has 0 aromatic heterocycles. The summed E-state index contributed by atoms with van der Waals surface area (Å²) >= 11 is 0. The van der Waals surface area contributed by atoms with Crippen molar-refractivity contribution in [3.8, 4) is 5.75 Å². The predicted molar refractivity (Wildman–Crippen MR) is 111 cm³/mol. The van der Waals surface area contributed by atoms with E-state index >= 15 is 0 Å². The van der Waals surface area contributed by atoms with Crippen LogP contribution < -0.4 is 10.1 Å². The van der Waals surface area contributed by atoms with Crippen molar-refractivity contribution in [3.63, 3.8) is 0 Å². The van der Waals surface area contributed by atoms with E-state index in [1.807, 2.05) is 0 Å². The normalized spacial score (nSPS) is 14.8. The number of hydrogen-bond acceptors (Lipinski definition) is 3. The second kappa shape index (κ2) is 8.79. The number of benzene rings is 3. The molecule has 0 bridgehead atoms. The number of carbonyl (C=O) groups excluding carboxylic acids is 2. The van der Waals surface area contributed by atoms with Gasteiger partial charge in [-0.1, -0.05) is 54.6 Å². The van der Waals surface area contributed by atoms with Crippen LogP contribution in [0, 0.1) is 11.6 Å². The zero-order valence-corrected chi connectivity index (χ0v) is 16.3. The quantitative estimate of drug-likeness (QED) is 0.467. The zero-order chi connectivity index (χ0) is 21.8. The Labute approximate surface area is 177 Å². The van der Waals surface area contributed by atoms with Gasteiger partial charge in [0.25, 0.3) is 5.91 Å². The van der Waals surface area contributed by atoms with Gasteiger partial charge in [0.2, 0.25) is 0 Å². The maximum Gasteiger partial charge on any atom is 0.329 e. The van der Waals surface area contributed by atoms with E-state index in [1.54, 1.807) is 48.5 Å². The number of nitrogens with zero attached hydrogens (tertiary/aromatic N) is 1. The van der Waals surface area contributed by atoms with Crippen molar-refractivity contribution in [2.45, 2.75) is 13.2 Å². The summed E-state index contributed by atoms with van der Waals surface area (Å²) in [7, 11) is 0. The second-order valence-corrected chi connectivity index (χ2v) is 6.89. The fourth-order valence-electron chi connectivity index (χ4n) is 3.17. The molecule has 1 saturated heterocycles. The van der Waals surface area contributed by atoms with Gasteiger partial charge in [-0.05, 0) is 24.3 Å². The number of amides is 3. The molecule has 0 unspecified atom stereocenters. The van der Waals surface area contributed by atoms with Gasteiger partial charge >= 0.3 is 6.03 Å². The molecule has 1 aliphatic rings. The Balaban J connectivity index is 1.54. The van der Waals surface area contributed by atoms with Crippen LogP contribution in [0.25, 0.3) is 6.08 Å². The van der Waals surface area contributed by atoms with Gasteiger partial charge in [0.15, 0.2) is 0 Å². The molecule has 1 N–H and O–H groups in total. The van der Waals surface area contributed by atoms with Crippen LogP contribution in [0.3, 0.4) is 0 Å². The molecule has 3 amide bonds. The van der Waals surface area contributed by atoms with Crippen LogP contribution in [0.5, 0.6) is 5.75 Å². The highest BCUT2D eigenvalue weighted by atomic mass is 19.1. The van der Waals surface area contributed by atoms with Gasteiger partial charge in [-0.3, -0.25) is 9.69 Å². The third kappa shape index (κ3) is 4.45. The van der Waals surface area contributed by atoms with E-state index in [0.717, 1.165) is 4.90 Å². The standard InChI is InChI=1S/C24H18F2N2O3/c25-19-10-4-1-8-17(19)14-28-23(29)21(27-24(28)30)13-16-7-3-6-12-22(16)31-15-18-9-2-5-11-20(18)26/h1-13H,14-15H2,(H,27,30)/b21-13+. The monoisotopic (exact) mass is 420 g/mol. The van der Waals surface area contributed by atoms with E-state index in [2.05, 4.69) is 5.32 Å². The van der Waals surface area contributed by atoms with Gasteiger partial charge in [0, 0.05) is 16.7 Å². The lowest BCUT2D eigenvalue weighted by molar-refractivity contribution is -0.123. The molecule has 7 heteroatoms. The van der Waals surface area contributed by atoms with Crippen molar-refractivity contribution in [1.82, 2.24) is 10.2 Å². The molecule has 5 nitrogen and oxygen atoms in total. The number of para-hydroxylation sites is 1. The number of hydrogen-bond donors (Lipinski definition) is 1. The SMILES string of the molecule is O=C1N/C(=C/c2ccccc2OCc2ccccc2F)C(=O)N1Cc1ccccc1F. The lowest BCUT2D eigenvalue weighted by Crippen LogP contribution is -2.30. The van der Waals surface area contributed by atoms with Gasteiger partial charge < -0.3 is 10.1 Å². The van der Waals surface area contributed by atoms with Crippen molar-refractivity contribution in [1.29, 1.82) is 0 Å². The van der Waals surface area contributed by atoms with E-state index in [9.17, 15) is 18.4 Å². The summed E-state index contributed by atoms with van der Waals surface area (Å²) in [5, 5.41) is 2.51. The Morgan fingerprint density at radius 2 is 1.45 bits per heavy atom. The summed E-state index contributed by atoms with van der Waals surface area (Å²) in [6.45, 7) is -0.174. The Kier molecular flexibility index (Phi) is 5.75. The minimum atomic E-state index is -0.635. The first-order valence-corrected chi connectivity index (χ1v) is 9.56. The van der Waals surface area contributed by atoms with Gasteiger partial charge in [-0.25, -0.2) is 13.6 Å². The van der Waals surface area contributed by atoms with Crippen LogP contribution in [0.4, 0.5) is 13.6 Å². The first kappa shape index (κ1) is 20.3. The minimum absolute atomic E-state index is 0.00652. The highest BCUT2D eigenvalue weighted by Crippen LogP contribution is 2.25. The molecule has 3 aromatic rings. The molecule has 31 heavy (non-hydrogen) atoms. The molecule has 1 heterocycles. The number of rotatable bonds is 6. The average molecular weight is 420 g/mol. The summed E-state index contributed by atoms with van der Waals surface area (Å²) in [5.74, 6) is -1.02. The summed E-state index contributed by atoms with van der Waals surface area (Å²) in [6.07, 6.45) is 1.48. The third-order valence-corrected chi connectivity index (χ3v) is 4.81. The summed E-state index contributed by atoms with van der Waals surface area (Å²) < 4.78 is 33.5. The number of carbonyl (C=O) groups is 2. The van der Waals surface area contributed by atoms with Crippen LogP contribution in [-0.4, -0.2) is 16.8 Å². The average Bonchev–Trinajstić information content (AvgIpc) is 3.03. The molecule has 0 saturated carbocycles. The number of ether oxygens (including phenoxy) is 1. The number of nitrogens with one attached hydrogen (secondary N) is 1. The Morgan fingerprint density at radius 1 is 0.839 bits per heavy atom.